The summed E-state index contributed by atoms with van der Waals surface area (Å²) in [7, 11) is 0. The van der Waals surface area contributed by atoms with Crippen LogP contribution in [-0.2, 0) is 9.47 Å². The number of hydrogen-bond acceptors (Lipinski definition) is 7. The predicted molar refractivity (Wildman–Crippen MR) is 121 cm³/mol. The molecular formula is C23H27N3O3S. The lowest BCUT2D eigenvalue weighted by atomic mass is 10.1. The molecule has 0 N–H and O–H groups in total. The Morgan fingerprint density at radius 1 is 1.07 bits per heavy atom. The molecule has 0 amide bonds. The van der Waals surface area contributed by atoms with Gasteiger partial charge >= 0.3 is 0 Å². The highest BCUT2D eigenvalue weighted by Gasteiger charge is 2.20. The minimum Gasteiger partial charge on any atom is -0.488 e. The zero-order valence-electron chi connectivity index (χ0n) is 17.3. The van der Waals surface area contributed by atoms with Crippen molar-refractivity contribution in [3.8, 4) is 17.0 Å². The Hall–Kier alpha value is -2.19. The molecule has 6 nitrogen and oxygen atoms in total. The highest BCUT2D eigenvalue weighted by Crippen LogP contribution is 2.34. The Bertz CT molecular complexity index is 977. The van der Waals surface area contributed by atoms with E-state index in [1.54, 1.807) is 11.3 Å². The molecule has 5 rings (SSSR count). The maximum atomic E-state index is 5.80. The minimum absolute atomic E-state index is 0.261. The summed E-state index contributed by atoms with van der Waals surface area (Å²) in [4.78, 5) is 10.0. The van der Waals surface area contributed by atoms with Crippen LogP contribution in [0.5, 0.6) is 5.75 Å². The molecule has 7 heteroatoms. The van der Waals surface area contributed by atoms with Gasteiger partial charge in [0.05, 0.1) is 18.9 Å². The number of likely N-dealkylation sites (N-methyl/N-ethyl adjacent to an activating group) is 1. The van der Waals surface area contributed by atoms with E-state index in [9.17, 15) is 0 Å². The first-order chi connectivity index (χ1) is 14.8. The number of aromatic nitrogens is 1. The Labute approximate surface area is 181 Å². The van der Waals surface area contributed by atoms with Gasteiger partial charge in [0.25, 0.3) is 0 Å². The average Bonchev–Trinajstić information content (AvgIpc) is 3.49. The van der Waals surface area contributed by atoms with E-state index in [4.69, 9.17) is 19.2 Å². The van der Waals surface area contributed by atoms with Crippen LogP contribution in [-0.4, -0.2) is 68.7 Å². The topological polar surface area (TPSA) is 47.1 Å². The van der Waals surface area contributed by atoms with Crippen LogP contribution in [0.25, 0.3) is 21.3 Å². The number of piperazine rings is 1. The number of rotatable bonds is 6. The molecule has 0 spiro atoms. The quantitative estimate of drug-likeness (QED) is 0.598. The molecule has 2 saturated heterocycles. The molecule has 0 radical (unpaired) electrons. The van der Waals surface area contributed by atoms with Crippen LogP contribution < -0.4 is 9.64 Å². The van der Waals surface area contributed by atoms with Crippen molar-refractivity contribution in [2.24, 2.45) is 0 Å². The lowest BCUT2D eigenvalue weighted by Gasteiger charge is -2.35. The number of thiophene rings is 1. The molecule has 158 valence electrons. The van der Waals surface area contributed by atoms with Crippen molar-refractivity contribution in [2.75, 3.05) is 57.4 Å². The fourth-order valence-electron chi connectivity index (χ4n) is 4.00. The SMILES string of the molecule is CCN1CCN(c2nc(-c3ccc(OCC4OCCO4)cc3)cc3sccc23)CC1. The molecule has 0 aliphatic carbocycles. The lowest BCUT2D eigenvalue weighted by Crippen LogP contribution is -2.46. The van der Waals surface area contributed by atoms with Gasteiger partial charge in [-0.25, -0.2) is 4.98 Å². The zero-order chi connectivity index (χ0) is 20.3. The van der Waals surface area contributed by atoms with Crippen LogP contribution >= 0.6 is 11.3 Å². The summed E-state index contributed by atoms with van der Waals surface area (Å²) >= 11 is 1.78. The largest absolute Gasteiger partial charge is 0.488 e. The molecule has 4 heterocycles. The van der Waals surface area contributed by atoms with Gasteiger partial charge in [-0.2, -0.15) is 0 Å². The molecule has 2 aliphatic rings. The van der Waals surface area contributed by atoms with Gasteiger partial charge in [0.2, 0.25) is 0 Å². The highest BCUT2D eigenvalue weighted by molar-refractivity contribution is 7.17. The van der Waals surface area contributed by atoms with Crippen LogP contribution in [0.4, 0.5) is 5.82 Å². The average molecular weight is 426 g/mol. The summed E-state index contributed by atoms with van der Waals surface area (Å²) < 4.78 is 17.9. The summed E-state index contributed by atoms with van der Waals surface area (Å²) in [5.74, 6) is 1.92. The van der Waals surface area contributed by atoms with Crippen molar-refractivity contribution in [1.82, 2.24) is 9.88 Å². The van der Waals surface area contributed by atoms with E-state index in [-0.39, 0.29) is 6.29 Å². The van der Waals surface area contributed by atoms with Crippen molar-refractivity contribution < 1.29 is 14.2 Å². The fourth-order valence-corrected chi connectivity index (χ4v) is 4.82. The summed E-state index contributed by atoms with van der Waals surface area (Å²) in [6.45, 7) is 9.25. The first-order valence-corrected chi connectivity index (χ1v) is 11.5. The molecule has 1 aromatic carbocycles. The van der Waals surface area contributed by atoms with Crippen molar-refractivity contribution in [1.29, 1.82) is 0 Å². The molecule has 0 unspecified atom stereocenters. The smallest absolute Gasteiger partial charge is 0.191 e. The number of pyridine rings is 1. The van der Waals surface area contributed by atoms with Gasteiger partial charge in [-0.15, -0.1) is 11.3 Å². The maximum absolute atomic E-state index is 5.80. The molecule has 0 atom stereocenters. The number of hydrogen-bond donors (Lipinski definition) is 0. The number of anilines is 1. The lowest BCUT2D eigenvalue weighted by molar-refractivity contribution is -0.0684. The number of ether oxygens (including phenoxy) is 3. The van der Waals surface area contributed by atoms with Gasteiger partial charge in [0.1, 0.15) is 18.2 Å². The molecule has 2 aliphatic heterocycles. The van der Waals surface area contributed by atoms with Gasteiger partial charge in [-0.05, 0) is 48.3 Å². The van der Waals surface area contributed by atoms with Crippen molar-refractivity contribution in [3.05, 3.63) is 41.8 Å². The standard InChI is InChI=1S/C23H27N3O3S/c1-2-25-8-10-26(11-9-25)23-19-7-14-30-21(19)15-20(24-23)17-3-5-18(6-4-17)29-16-22-27-12-13-28-22/h3-7,14-15,22H,2,8-13,16H2,1H3. The zero-order valence-corrected chi connectivity index (χ0v) is 18.1. The molecule has 3 aromatic rings. The van der Waals surface area contributed by atoms with E-state index in [0.29, 0.717) is 19.8 Å². The van der Waals surface area contributed by atoms with Gasteiger partial charge in [0, 0.05) is 41.8 Å². The second kappa shape index (κ2) is 8.89. The van der Waals surface area contributed by atoms with Gasteiger partial charge < -0.3 is 24.0 Å². The summed E-state index contributed by atoms with van der Waals surface area (Å²) in [6.07, 6.45) is -0.261. The predicted octanol–water partition coefficient (Wildman–Crippen LogP) is 3.86. The second-order valence-electron chi connectivity index (χ2n) is 7.59. The molecule has 0 saturated carbocycles. The first-order valence-electron chi connectivity index (χ1n) is 10.6. The summed E-state index contributed by atoms with van der Waals surface area (Å²) in [5.41, 5.74) is 2.10. The van der Waals surface area contributed by atoms with Crippen molar-refractivity contribution >= 4 is 27.2 Å². The molecule has 2 fully saturated rings. The molecule has 2 aromatic heterocycles. The van der Waals surface area contributed by atoms with E-state index < -0.39 is 0 Å². The third kappa shape index (κ3) is 4.16. The summed E-state index contributed by atoms with van der Waals surface area (Å²) in [5, 5.41) is 3.41. The van der Waals surface area contributed by atoms with Crippen LogP contribution in [0, 0.1) is 0 Å². The Morgan fingerprint density at radius 2 is 1.83 bits per heavy atom. The fraction of sp³-hybridized carbons (Fsp3) is 0.435. The third-order valence-electron chi connectivity index (χ3n) is 5.78. The van der Waals surface area contributed by atoms with Crippen LogP contribution in [0.15, 0.2) is 41.8 Å². The number of benzene rings is 1. The third-order valence-corrected chi connectivity index (χ3v) is 6.64. The normalized spacial score (nSPS) is 18.4. The van der Waals surface area contributed by atoms with Crippen LogP contribution in [0.1, 0.15) is 6.92 Å². The van der Waals surface area contributed by atoms with E-state index in [1.807, 2.05) is 12.1 Å². The van der Waals surface area contributed by atoms with E-state index in [1.165, 1.54) is 10.1 Å². The van der Waals surface area contributed by atoms with E-state index in [2.05, 4.69) is 46.4 Å². The maximum Gasteiger partial charge on any atom is 0.191 e. The molecule has 30 heavy (non-hydrogen) atoms. The summed E-state index contributed by atoms with van der Waals surface area (Å²) in [6, 6.07) is 12.5. The number of fused-ring (bicyclic) bond motifs is 1. The van der Waals surface area contributed by atoms with Gasteiger partial charge in [-0.1, -0.05) is 6.92 Å². The first kappa shape index (κ1) is 19.8. The van der Waals surface area contributed by atoms with Crippen LogP contribution in [0.2, 0.25) is 0 Å². The second-order valence-corrected chi connectivity index (χ2v) is 8.54. The van der Waals surface area contributed by atoms with E-state index in [0.717, 1.165) is 55.5 Å². The van der Waals surface area contributed by atoms with E-state index >= 15 is 0 Å². The number of nitrogens with zero attached hydrogens (tertiary/aromatic N) is 3. The van der Waals surface area contributed by atoms with Crippen LogP contribution in [0.3, 0.4) is 0 Å². The van der Waals surface area contributed by atoms with Crippen molar-refractivity contribution in [3.63, 3.8) is 0 Å². The monoisotopic (exact) mass is 425 g/mol. The minimum atomic E-state index is -0.261. The highest BCUT2D eigenvalue weighted by atomic mass is 32.1. The Morgan fingerprint density at radius 3 is 2.57 bits per heavy atom. The molecular weight excluding hydrogens is 398 g/mol. The molecule has 0 bridgehead atoms. The Balaban J connectivity index is 1.36. The Kier molecular flexibility index (Phi) is 5.86. The van der Waals surface area contributed by atoms with Crippen molar-refractivity contribution in [2.45, 2.75) is 13.2 Å². The van der Waals surface area contributed by atoms with Gasteiger partial charge in [0.15, 0.2) is 6.29 Å². The van der Waals surface area contributed by atoms with Gasteiger partial charge in [-0.3, -0.25) is 0 Å².